The van der Waals surface area contributed by atoms with Gasteiger partial charge < -0.3 is 14.3 Å². The third-order valence-corrected chi connectivity index (χ3v) is 3.71. The summed E-state index contributed by atoms with van der Waals surface area (Å²) >= 11 is 0. The topological polar surface area (TPSA) is 38.8 Å². The second-order valence-electron chi connectivity index (χ2n) is 4.93. The summed E-state index contributed by atoms with van der Waals surface area (Å²) in [5.74, 6) is 1.97. The molecule has 0 N–H and O–H groups in total. The number of carbonyl (C=O) groups excluding carboxylic acids is 1. The molecule has 0 spiro atoms. The Labute approximate surface area is 114 Å². The molecule has 1 fully saturated rings. The molecule has 1 aliphatic heterocycles. The van der Waals surface area contributed by atoms with Gasteiger partial charge in [-0.3, -0.25) is 4.90 Å². The van der Waals surface area contributed by atoms with E-state index >= 15 is 0 Å². The van der Waals surface area contributed by atoms with E-state index in [0.717, 1.165) is 55.8 Å². The largest absolute Gasteiger partial charge is 0.497 e. The zero-order valence-corrected chi connectivity index (χ0v) is 11.6. The fourth-order valence-electron chi connectivity index (χ4n) is 2.49. The zero-order valence-electron chi connectivity index (χ0n) is 11.6. The van der Waals surface area contributed by atoms with Gasteiger partial charge in [0.25, 0.3) is 0 Å². The maximum Gasteiger partial charge on any atom is 0.123 e. The highest BCUT2D eigenvalue weighted by atomic mass is 16.5. The minimum absolute atomic E-state index is 0.239. The van der Waals surface area contributed by atoms with E-state index in [1.807, 2.05) is 18.2 Å². The number of rotatable bonds is 5. The Kier molecular flexibility index (Phi) is 4.80. The van der Waals surface area contributed by atoms with Gasteiger partial charge >= 0.3 is 0 Å². The Morgan fingerprint density at radius 1 is 1.26 bits per heavy atom. The standard InChI is InChI=1S/C15H21NO3/c1-18-14-3-4-15(19-2)13(9-14)10-16-7-5-12(11-17)6-8-16/h3-4,9,11-12H,5-8,10H2,1-2H3. The molecule has 0 aromatic heterocycles. The van der Waals surface area contributed by atoms with Crippen molar-refractivity contribution in [3.05, 3.63) is 23.8 Å². The van der Waals surface area contributed by atoms with Gasteiger partial charge in [-0.05, 0) is 44.1 Å². The molecule has 1 aromatic carbocycles. The Hall–Kier alpha value is -1.55. The van der Waals surface area contributed by atoms with Crippen LogP contribution in [0, 0.1) is 5.92 Å². The third-order valence-electron chi connectivity index (χ3n) is 3.71. The highest BCUT2D eigenvalue weighted by Crippen LogP contribution is 2.26. The van der Waals surface area contributed by atoms with Gasteiger partial charge in [-0.2, -0.15) is 0 Å². The van der Waals surface area contributed by atoms with Crippen LogP contribution in [0.2, 0.25) is 0 Å². The molecule has 104 valence electrons. The van der Waals surface area contributed by atoms with Crippen LogP contribution >= 0.6 is 0 Å². The molecule has 0 atom stereocenters. The van der Waals surface area contributed by atoms with E-state index in [1.54, 1.807) is 14.2 Å². The van der Waals surface area contributed by atoms with Crippen LogP contribution in [0.25, 0.3) is 0 Å². The minimum atomic E-state index is 0.239. The molecular formula is C15H21NO3. The van der Waals surface area contributed by atoms with Gasteiger partial charge in [0.1, 0.15) is 17.8 Å². The first-order valence-corrected chi connectivity index (χ1v) is 6.65. The second kappa shape index (κ2) is 6.57. The van der Waals surface area contributed by atoms with Crippen LogP contribution in [0.4, 0.5) is 0 Å². The molecule has 1 heterocycles. The van der Waals surface area contributed by atoms with Crippen LogP contribution in [0.1, 0.15) is 18.4 Å². The van der Waals surface area contributed by atoms with Crippen molar-refractivity contribution in [1.29, 1.82) is 0 Å². The lowest BCUT2D eigenvalue weighted by Gasteiger charge is -2.30. The van der Waals surface area contributed by atoms with Crippen LogP contribution in [0.15, 0.2) is 18.2 Å². The van der Waals surface area contributed by atoms with Crippen molar-refractivity contribution in [2.24, 2.45) is 5.92 Å². The normalized spacial score (nSPS) is 17.2. The lowest BCUT2D eigenvalue weighted by atomic mass is 9.98. The monoisotopic (exact) mass is 263 g/mol. The molecule has 1 saturated heterocycles. The van der Waals surface area contributed by atoms with Crippen LogP contribution in [0.5, 0.6) is 11.5 Å². The first kappa shape index (κ1) is 13.9. The average molecular weight is 263 g/mol. The number of hydrogen-bond acceptors (Lipinski definition) is 4. The van der Waals surface area contributed by atoms with Crippen molar-refractivity contribution in [2.75, 3.05) is 27.3 Å². The number of carbonyl (C=O) groups is 1. The summed E-state index contributed by atoms with van der Waals surface area (Å²) in [6.07, 6.45) is 3.00. The fourth-order valence-corrected chi connectivity index (χ4v) is 2.49. The van der Waals surface area contributed by atoms with Gasteiger partial charge in [0.15, 0.2) is 0 Å². The van der Waals surface area contributed by atoms with Crippen molar-refractivity contribution in [2.45, 2.75) is 19.4 Å². The van der Waals surface area contributed by atoms with Crippen LogP contribution in [-0.2, 0) is 11.3 Å². The van der Waals surface area contributed by atoms with E-state index < -0.39 is 0 Å². The van der Waals surface area contributed by atoms with E-state index in [2.05, 4.69) is 4.90 Å². The number of ether oxygens (including phenoxy) is 2. The summed E-state index contributed by atoms with van der Waals surface area (Å²) in [6, 6.07) is 5.86. The second-order valence-corrected chi connectivity index (χ2v) is 4.93. The summed E-state index contributed by atoms with van der Waals surface area (Å²) in [7, 11) is 3.35. The molecule has 0 amide bonds. The molecular weight excluding hydrogens is 242 g/mol. The third kappa shape index (κ3) is 3.47. The number of piperidine rings is 1. The number of methoxy groups -OCH3 is 2. The van der Waals surface area contributed by atoms with Crippen LogP contribution in [-0.4, -0.2) is 38.5 Å². The fraction of sp³-hybridized carbons (Fsp3) is 0.533. The van der Waals surface area contributed by atoms with Gasteiger partial charge in [0.2, 0.25) is 0 Å². The highest BCUT2D eigenvalue weighted by Gasteiger charge is 2.19. The summed E-state index contributed by atoms with van der Waals surface area (Å²) in [5, 5.41) is 0. The molecule has 2 rings (SSSR count). The van der Waals surface area contributed by atoms with Gasteiger partial charge in [0.05, 0.1) is 14.2 Å². The Bertz CT molecular complexity index is 425. The summed E-state index contributed by atoms with van der Waals surface area (Å²) in [5.41, 5.74) is 1.13. The highest BCUT2D eigenvalue weighted by molar-refractivity contribution is 5.53. The maximum absolute atomic E-state index is 10.8. The van der Waals surface area contributed by atoms with E-state index in [0.29, 0.717) is 0 Å². The number of likely N-dealkylation sites (tertiary alicyclic amines) is 1. The molecule has 0 unspecified atom stereocenters. The Morgan fingerprint density at radius 2 is 2.00 bits per heavy atom. The van der Waals surface area contributed by atoms with Crippen molar-refractivity contribution in [1.82, 2.24) is 4.90 Å². The van der Waals surface area contributed by atoms with E-state index in [1.165, 1.54) is 0 Å². The number of hydrogen-bond donors (Lipinski definition) is 0. The van der Waals surface area contributed by atoms with Crippen molar-refractivity contribution in [3.8, 4) is 11.5 Å². The average Bonchev–Trinajstić information content (AvgIpc) is 2.48. The molecule has 1 aliphatic rings. The van der Waals surface area contributed by atoms with Crippen molar-refractivity contribution >= 4 is 6.29 Å². The van der Waals surface area contributed by atoms with E-state index in [-0.39, 0.29) is 5.92 Å². The quantitative estimate of drug-likeness (QED) is 0.763. The molecule has 0 aliphatic carbocycles. The molecule has 0 radical (unpaired) electrons. The smallest absolute Gasteiger partial charge is 0.123 e. The minimum Gasteiger partial charge on any atom is -0.497 e. The molecule has 4 nitrogen and oxygen atoms in total. The van der Waals surface area contributed by atoms with Crippen molar-refractivity contribution in [3.63, 3.8) is 0 Å². The summed E-state index contributed by atoms with van der Waals surface area (Å²) in [4.78, 5) is 13.1. The van der Waals surface area contributed by atoms with Crippen LogP contribution in [0.3, 0.4) is 0 Å². The first-order chi connectivity index (χ1) is 9.26. The maximum atomic E-state index is 10.8. The number of nitrogens with zero attached hydrogens (tertiary/aromatic N) is 1. The lowest BCUT2D eigenvalue weighted by Crippen LogP contribution is -2.33. The number of aldehydes is 1. The van der Waals surface area contributed by atoms with E-state index in [9.17, 15) is 4.79 Å². The lowest BCUT2D eigenvalue weighted by molar-refractivity contribution is -0.112. The summed E-state index contributed by atoms with van der Waals surface area (Å²) in [6.45, 7) is 2.76. The van der Waals surface area contributed by atoms with Gasteiger partial charge in [-0.25, -0.2) is 0 Å². The van der Waals surface area contributed by atoms with Gasteiger partial charge in [0, 0.05) is 18.0 Å². The Morgan fingerprint density at radius 3 is 2.58 bits per heavy atom. The molecule has 1 aromatic rings. The number of benzene rings is 1. The predicted molar refractivity (Wildman–Crippen MR) is 73.6 cm³/mol. The molecule has 4 heteroatoms. The first-order valence-electron chi connectivity index (χ1n) is 6.65. The van der Waals surface area contributed by atoms with Crippen LogP contribution < -0.4 is 9.47 Å². The predicted octanol–water partition coefficient (Wildman–Crippen LogP) is 2.11. The molecule has 0 saturated carbocycles. The summed E-state index contributed by atoms with van der Waals surface area (Å²) < 4.78 is 10.6. The van der Waals surface area contributed by atoms with Gasteiger partial charge in [-0.1, -0.05) is 0 Å². The Balaban J connectivity index is 2.03. The SMILES string of the molecule is COc1ccc(OC)c(CN2CCC(C=O)CC2)c1. The molecule has 19 heavy (non-hydrogen) atoms. The zero-order chi connectivity index (χ0) is 13.7. The van der Waals surface area contributed by atoms with Crippen molar-refractivity contribution < 1.29 is 14.3 Å². The molecule has 0 bridgehead atoms. The van der Waals surface area contributed by atoms with Gasteiger partial charge in [-0.15, -0.1) is 0 Å². The van der Waals surface area contributed by atoms with E-state index in [4.69, 9.17) is 9.47 Å².